The van der Waals surface area contributed by atoms with Crippen LogP contribution in [0.25, 0.3) is 5.69 Å². The number of nitrogens with two attached hydrogens (primary N) is 1. The Labute approximate surface area is 96.3 Å². The van der Waals surface area contributed by atoms with E-state index in [4.69, 9.17) is 5.73 Å². The summed E-state index contributed by atoms with van der Waals surface area (Å²) in [6.45, 7) is 1.95. The molecule has 78 valence electrons. The van der Waals surface area contributed by atoms with E-state index >= 15 is 0 Å². The summed E-state index contributed by atoms with van der Waals surface area (Å²) in [7, 11) is 0. The van der Waals surface area contributed by atoms with Gasteiger partial charge in [0, 0.05) is 10.5 Å². The normalized spacial score (nSPS) is 12.7. The molecular weight excluding hydrogens is 256 g/mol. The van der Waals surface area contributed by atoms with Crippen LogP contribution in [-0.4, -0.2) is 14.8 Å². The molecule has 0 saturated carbocycles. The van der Waals surface area contributed by atoms with Gasteiger partial charge in [0.05, 0.1) is 5.69 Å². The van der Waals surface area contributed by atoms with Crippen molar-refractivity contribution in [2.24, 2.45) is 5.73 Å². The molecule has 0 amide bonds. The molecule has 2 N–H and O–H groups in total. The molecule has 4 nitrogen and oxygen atoms in total. The van der Waals surface area contributed by atoms with Gasteiger partial charge in [-0.25, -0.2) is 9.67 Å². The molecular formula is C10H11BrN4. The Morgan fingerprint density at radius 2 is 2.27 bits per heavy atom. The van der Waals surface area contributed by atoms with Crippen LogP contribution in [0.15, 0.2) is 35.3 Å². The standard InChI is InChI=1S/C10H11BrN4/c1-7(12)9-4-8(11)2-3-10(9)15-6-13-5-14-15/h2-7H,12H2,1H3. The Morgan fingerprint density at radius 1 is 1.47 bits per heavy atom. The van der Waals surface area contributed by atoms with E-state index in [9.17, 15) is 0 Å². The Kier molecular flexibility index (Phi) is 2.83. The summed E-state index contributed by atoms with van der Waals surface area (Å²) < 4.78 is 2.73. The molecule has 1 atom stereocenters. The average molecular weight is 267 g/mol. The number of aromatic nitrogens is 3. The van der Waals surface area contributed by atoms with Gasteiger partial charge in [0.15, 0.2) is 0 Å². The predicted octanol–water partition coefficient (Wildman–Crippen LogP) is 2.05. The number of benzene rings is 1. The lowest BCUT2D eigenvalue weighted by atomic mass is 10.1. The van der Waals surface area contributed by atoms with Crippen LogP contribution in [-0.2, 0) is 0 Å². The summed E-state index contributed by atoms with van der Waals surface area (Å²) in [5, 5.41) is 4.09. The Morgan fingerprint density at radius 3 is 2.87 bits per heavy atom. The lowest BCUT2D eigenvalue weighted by molar-refractivity contribution is 0.779. The molecule has 0 radical (unpaired) electrons. The van der Waals surface area contributed by atoms with Gasteiger partial charge in [-0.2, -0.15) is 5.10 Å². The van der Waals surface area contributed by atoms with Crippen molar-refractivity contribution in [3.63, 3.8) is 0 Å². The maximum absolute atomic E-state index is 5.91. The fourth-order valence-corrected chi connectivity index (χ4v) is 1.81. The quantitative estimate of drug-likeness (QED) is 0.905. The van der Waals surface area contributed by atoms with Crippen molar-refractivity contribution in [3.05, 3.63) is 40.9 Å². The number of rotatable bonds is 2. The third-order valence-corrected chi connectivity index (χ3v) is 2.64. The summed E-state index contributed by atoms with van der Waals surface area (Å²) in [5.74, 6) is 0. The highest BCUT2D eigenvalue weighted by Gasteiger charge is 2.09. The first kappa shape index (κ1) is 10.3. The summed E-state index contributed by atoms with van der Waals surface area (Å²) in [4.78, 5) is 3.92. The fourth-order valence-electron chi connectivity index (χ4n) is 1.43. The summed E-state index contributed by atoms with van der Waals surface area (Å²) in [5.41, 5.74) is 7.91. The van der Waals surface area contributed by atoms with Crippen molar-refractivity contribution < 1.29 is 0 Å². The van der Waals surface area contributed by atoms with Gasteiger partial charge >= 0.3 is 0 Å². The van der Waals surface area contributed by atoms with E-state index in [1.807, 2.05) is 25.1 Å². The highest BCUT2D eigenvalue weighted by molar-refractivity contribution is 9.10. The van der Waals surface area contributed by atoms with Crippen LogP contribution in [0.4, 0.5) is 0 Å². The van der Waals surface area contributed by atoms with E-state index in [1.165, 1.54) is 6.33 Å². The van der Waals surface area contributed by atoms with E-state index < -0.39 is 0 Å². The van der Waals surface area contributed by atoms with E-state index in [1.54, 1.807) is 11.0 Å². The highest BCUT2D eigenvalue weighted by atomic mass is 79.9. The van der Waals surface area contributed by atoms with E-state index in [0.717, 1.165) is 15.7 Å². The minimum Gasteiger partial charge on any atom is -0.324 e. The topological polar surface area (TPSA) is 56.7 Å². The van der Waals surface area contributed by atoms with Crippen molar-refractivity contribution in [1.82, 2.24) is 14.8 Å². The molecule has 1 heterocycles. The van der Waals surface area contributed by atoms with Gasteiger partial charge < -0.3 is 5.73 Å². The molecule has 0 fully saturated rings. The minimum absolute atomic E-state index is 0.0401. The van der Waals surface area contributed by atoms with Gasteiger partial charge in [-0.3, -0.25) is 0 Å². The van der Waals surface area contributed by atoms with Crippen molar-refractivity contribution in [2.75, 3.05) is 0 Å². The van der Waals surface area contributed by atoms with Crippen molar-refractivity contribution in [1.29, 1.82) is 0 Å². The molecule has 0 aliphatic rings. The monoisotopic (exact) mass is 266 g/mol. The van der Waals surface area contributed by atoms with Crippen LogP contribution >= 0.6 is 15.9 Å². The number of hydrogen-bond donors (Lipinski definition) is 1. The summed E-state index contributed by atoms with van der Waals surface area (Å²) in [6, 6.07) is 5.89. The van der Waals surface area contributed by atoms with Gasteiger partial charge in [-0.05, 0) is 30.7 Å². The van der Waals surface area contributed by atoms with Crippen LogP contribution in [0.2, 0.25) is 0 Å². The number of halogens is 1. The molecule has 1 aromatic heterocycles. The van der Waals surface area contributed by atoms with Gasteiger partial charge in [-0.1, -0.05) is 15.9 Å². The minimum atomic E-state index is -0.0401. The zero-order chi connectivity index (χ0) is 10.8. The SMILES string of the molecule is CC(N)c1cc(Br)ccc1-n1cncn1. The third kappa shape index (κ3) is 2.08. The largest absolute Gasteiger partial charge is 0.324 e. The van der Waals surface area contributed by atoms with Crippen molar-refractivity contribution in [3.8, 4) is 5.69 Å². The maximum atomic E-state index is 5.91. The fraction of sp³-hybridized carbons (Fsp3) is 0.200. The summed E-state index contributed by atoms with van der Waals surface area (Å²) >= 11 is 3.43. The molecule has 0 bridgehead atoms. The molecule has 1 aromatic carbocycles. The Hall–Kier alpha value is -1.20. The first-order valence-corrected chi connectivity index (χ1v) is 5.38. The van der Waals surface area contributed by atoms with Gasteiger partial charge in [0.1, 0.15) is 12.7 Å². The van der Waals surface area contributed by atoms with Crippen LogP contribution < -0.4 is 5.73 Å². The highest BCUT2D eigenvalue weighted by Crippen LogP contribution is 2.23. The molecule has 5 heteroatoms. The van der Waals surface area contributed by atoms with Crippen LogP contribution in [0.3, 0.4) is 0 Å². The van der Waals surface area contributed by atoms with Gasteiger partial charge in [-0.15, -0.1) is 0 Å². The second kappa shape index (κ2) is 4.12. The second-order valence-corrected chi connectivity index (χ2v) is 4.25. The third-order valence-electron chi connectivity index (χ3n) is 2.15. The van der Waals surface area contributed by atoms with E-state index in [0.29, 0.717) is 0 Å². The number of nitrogens with zero attached hydrogens (tertiary/aromatic N) is 3. The molecule has 0 aliphatic heterocycles. The number of hydrogen-bond acceptors (Lipinski definition) is 3. The smallest absolute Gasteiger partial charge is 0.138 e. The molecule has 2 aromatic rings. The average Bonchev–Trinajstić information content (AvgIpc) is 2.70. The first-order valence-electron chi connectivity index (χ1n) is 4.58. The van der Waals surface area contributed by atoms with Crippen LogP contribution in [0, 0.1) is 0 Å². The molecule has 0 aliphatic carbocycles. The molecule has 0 saturated heterocycles. The Balaban J connectivity index is 2.56. The van der Waals surface area contributed by atoms with Crippen LogP contribution in [0.5, 0.6) is 0 Å². The van der Waals surface area contributed by atoms with E-state index in [-0.39, 0.29) is 6.04 Å². The van der Waals surface area contributed by atoms with Crippen molar-refractivity contribution >= 4 is 15.9 Å². The zero-order valence-electron chi connectivity index (χ0n) is 8.26. The maximum Gasteiger partial charge on any atom is 0.138 e. The van der Waals surface area contributed by atoms with Crippen LogP contribution in [0.1, 0.15) is 18.5 Å². The molecule has 1 unspecified atom stereocenters. The van der Waals surface area contributed by atoms with Crippen molar-refractivity contribution in [2.45, 2.75) is 13.0 Å². The Bertz CT molecular complexity index is 450. The lowest BCUT2D eigenvalue weighted by Crippen LogP contribution is -2.10. The lowest BCUT2D eigenvalue weighted by Gasteiger charge is -2.12. The van der Waals surface area contributed by atoms with E-state index in [2.05, 4.69) is 26.0 Å². The molecule has 2 rings (SSSR count). The second-order valence-electron chi connectivity index (χ2n) is 3.33. The first-order chi connectivity index (χ1) is 7.18. The molecule has 15 heavy (non-hydrogen) atoms. The van der Waals surface area contributed by atoms with Gasteiger partial charge in [0.2, 0.25) is 0 Å². The van der Waals surface area contributed by atoms with Gasteiger partial charge in [0.25, 0.3) is 0 Å². The predicted molar refractivity (Wildman–Crippen MR) is 61.7 cm³/mol. The summed E-state index contributed by atoms with van der Waals surface area (Å²) in [6.07, 6.45) is 3.17. The molecule has 0 spiro atoms. The zero-order valence-corrected chi connectivity index (χ0v) is 9.85.